The summed E-state index contributed by atoms with van der Waals surface area (Å²) in [5.41, 5.74) is 3.34. The first kappa shape index (κ1) is 23.2. The van der Waals surface area contributed by atoms with Crippen LogP contribution < -0.4 is 20.1 Å². The number of aromatic nitrogens is 1. The second kappa shape index (κ2) is 11.2. The van der Waals surface area contributed by atoms with Crippen molar-refractivity contribution in [2.24, 2.45) is 4.99 Å². The number of H-pyrrole nitrogens is 1. The Labute approximate surface area is 193 Å². The van der Waals surface area contributed by atoms with Gasteiger partial charge in [-0.3, -0.25) is 4.99 Å². The molecule has 2 aromatic carbocycles. The second-order valence-corrected chi connectivity index (χ2v) is 6.72. The molecule has 3 rings (SSSR count). The van der Waals surface area contributed by atoms with Crippen LogP contribution in [0.5, 0.6) is 11.5 Å². The van der Waals surface area contributed by atoms with E-state index in [2.05, 4.69) is 20.6 Å². The molecule has 0 saturated heterocycles. The van der Waals surface area contributed by atoms with Gasteiger partial charge in [-0.1, -0.05) is 11.6 Å². The number of benzene rings is 2. The maximum atomic E-state index is 6.12. The number of methoxy groups -OCH3 is 2. The van der Waals surface area contributed by atoms with E-state index >= 15 is 0 Å². The highest BCUT2D eigenvalue weighted by molar-refractivity contribution is 14.0. The average Bonchev–Trinajstić information content (AvgIpc) is 3.12. The molecular weight excluding hydrogens is 503 g/mol. The van der Waals surface area contributed by atoms with Crippen molar-refractivity contribution in [1.82, 2.24) is 15.6 Å². The molecule has 0 saturated carbocycles. The van der Waals surface area contributed by atoms with Crippen molar-refractivity contribution in [2.45, 2.75) is 13.0 Å². The van der Waals surface area contributed by atoms with E-state index in [0.29, 0.717) is 6.54 Å². The van der Waals surface area contributed by atoms with Gasteiger partial charge in [-0.05, 0) is 42.3 Å². The van der Waals surface area contributed by atoms with Crippen LogP contribution in [0.2, 0.25) is 5.02 Å². The Balaban J connectivity index is 0.00000300. The maximum Gasteiger partial charge on any atom is 0.191 e. The van der Waals surface area contributed by atoms with Gasteiger partial charge in [0.1, 0.15) is 11.5 Å². The number of guanidine groups is 1. The number of nitrogens with zero attached hydrogens (tertiary/aromatic N) is 1. The summed E-state index contributed by atoms with van der Waals surface area (Å²) in [5.74, 6) is 2.27. The molecule has 0 spiro atoms. The van der Waals surface area contributed by atoms with Crippen LogP contribution in [0.25, 0.3) is 10.9 Å². The predicted molar refractivity (Wildman–Crippen MR) is 130 cm³/mol. The third kappa shape index (κ3) is 5.93. The molecule has 0 aliphatic heterocycles. The summed E-state index contributed by atoms with van der Waals surface area (Å²) in [7, 11) is 5.05. The zero-order chi connectivity index (χ0) is 19.9. The zero-order valence-corrected chi connectivity index (χ0v) is 19.8. The molecule has 3 aromatic rings. The molecule has 0 amide bonds. The molecule has 8 heteroatoms. The van der Waals surface area contributed by atoms with Crippen molar-refractivity contribution in [3.63, 3.8) is 0 Å². The van der Waals surface area contributed by atoms with Crippen molar-refractivity contribution in [2.75, 3.05) is 27.8 Å². The highest BCUT2D eigenvalue weighted by atomic mass is 127. The normalized spacial score (nSPS) is 11.1. The summed E-state index contributed by atoms with van der Waals surface area (Å²) in [6.45, 7) is 1.34. The van der Waals surface area contributed by atoms with Crippen molar-refractivity contribution in [3.8, 4) is 11.5 Å². The van der Waals surface area contributed by atoms with Crippen molar-refractivity contribution in [3.05, 3.63) is 58.7 Å². The van der Waals surface area contributed by atoms with Crippen LogP contribution in [-0.2, 0) is 13.0 Å². The van der Waals surface area contributed by atoms with Gasteiger partial charge in [0.15, 0.2) is 5.96 Å². The van der Waals surface area contributed by atoms with Crippen LogP contribution in [0.15, 0.2) is 47.6 Å². The number of rotatable bonds is 7. The minimum atomic E-state index is 0. The Morgan fingerprint density at radius 1 is 1.07 bits per heavy atom. The van der Waals surface area contributed by atoms with Crippen molar-refractivity contribution in [1.29, 1.82) is 0 Å². The molecule has 0 bridgehead atoms. The summed E-state index contributed by atoms with van der Waals surface area (Å²) in [4.78, 5) is 7.57. The fraction of sp³-hybridized carbons (Fsp3) is 0.286. The van der Waals surface area contributed by atoms with Crippen molar-refractivity contribution < 1.29 is 9.47 Å². The number of fused-ring (bicyclic) bond motifs is 1. The van der Waals surface area contributed by atoms with Gasteiger partial charge in [0.05, 0.1) is 14.2 Å². The molecule has 0 unspecified atom stereocenters. The number of aromatic amines is 1. The van der Waals surface area contributed by atoms with E-state index in [0.717, 1.165) is 51.9 Å². The number of halogens is 2. The van der Waals surface area contributed by atoms with Gasteiger partial charge in [0.25, 0.3) is 0 Å². The molecule has 0 radical (unpaired) electrons. The Bertz CT molecular complexity index is 974. The summed E-state index contributed by atoms with van der Waals surface area (Å²) < 4.78 is 10.7. The van der Waals surface area contributed by atoms with Crippen LogP contribution in [0.3, 0.4) is 0 Å². The van der Waals surface area contributed by atoms with Gasteiger partial charge in [-0.25, -0.2) is 0 Å². The summed E-state index contributed by atoms with van der Waals surface area (Å²) in [6.07, 6.45) is 2.88. The number of aliphatic imine (C=N–C) groups is 1. The predicted octanol–water partition coefficient (Wildman–Crippen LogP) is 4.36. The Hall–Kier alpha value is -2.13. The number of hydrogen-bond donors (Lipinski definition) is 3. The lowest BCUT2D eigenvalue weighted by atomic mass is 10.1. The van der Waals surface area contributed by atoms with Gasteiger partial charge in [-0.15, -0.1) is 24.0 Å². The van der Waals surface area contributed by atoms with E-state index in [-0.39, 0.29) is 24.0 Å². The largest absolute Gasteiger partial charge is 0.497 e. The van der Waals surface area contributed by atoms with E-state index < -0.39 is 0 Å². The highest BCUT2D eigenvalue weighted by Gasteiger charge is 2.07. The van der Waals surface area contributed by atoms with E-state index in [1.807, 2.05) is 42.6 Å². The molecule has 0 atom stereocenters. The SMILES string of the molecule is CN=C(NCCc1c[nH]c2ccc(Cl)cc12)NCc1ccc(OC)cc1OC.I. The van der Waals surface area contributed by atoms with Gasteiger partial charge in [-0.2, -0.15) is 0 Å². The van der Waals surface area contributed by atoms with Crippen LogP contribution in [-0.4, -0.2) is 38.8 Å². The lowest BCUT2D eigenvalue weighted by molar-refractivity contribution is 0.390. The lowest BCUT2D eigenvalue weighted by Gasteiger charge is -2.14. The summed E-state index contributed by atoms with van der Waals surface area (Å²) in [5, 5.41) is 8.55. The van der Waals surface area contributed by atoms with Crippen LogP contribution in [0, 0.1) is 0 Å². The van der Waals surface area contributed by atoms with E-state index in [4.69, 9.17) is 21.1 Å². The lowest BCUT2D eigenvalue weighted by Crippen LogP contribution is -2.37. The fourth-order valence-corrected chi connectivity index (χ4v) is 3.24. The molecular formula is C21H26ClIN4O2. The molecule has 3 N–H and O–H groups in total. The quantitative estimate of drug-likeness (QED) is 0.242. The first-order valence-electron chi connectivity index (χ1n) is 9.05. The molecule has 6 nitrogen and oxygen atoms in total. The minimum absolute atomic E-state index is 0. The summed E-state index contributed by atoms with van der Waals surface area (Å²) >= 11 is 6.12. The van der Waals surface area contributed by atoms with Crippen LogP contribution in [0.1, 0.15) is 11.1 Å². The Morgan fingerprint density at radius 2 is 1.90 bits per heavy atom. The van der Waals surface area contributed by atoms with Gasteiger partial charge in [0.2, 0.25) is 0 Å². The highest BCUT2D eigenvalue weighted by Crippen LogP contribution is 2.24. The smallest absolute Gasteiger partial charge is 0.191 e. The van der Waals surface area contributed by atoms with Gasteiger partial charge < -0.3 is 25.1 Å². The number of ether oxygens (including phenoxy) is 2. The van der Waals surface area contributed by atoms with E-state index in [1.54, 1.807) is 21.3 Å². The molecule has 0 fully saturated rings. The molecule has 29 heavy (non-hydrogen) atoms. The third-order valence-electron chi connectivity index (χ3n) is 4.58. The molecule has 1 aromatic heterocycles. The Morgan fingerprint density at radius 3 is 2.62 bits per heavy atom. The van der Waals surface area contributed by atoms with Crippen molar-refractivity contribution >= 4 is 52.4 Å². The van der Waals surface area contributed by atoms with E-state index in [1.165, 1.54) is 5.56 Å². The van der Waals surface area contributed by atoms with E-state index in [9.17, 15) is 0 Å². The topological polar surface area (TPSA) is 70.7 Å². The molecule has 0 aliphatic rings. The fourth-order valence-electron chi connectivity index (χ4n) is 3.07. The third-order valence-corrected chi connectivity index (χ3v) is 4.82. The summed E-state index contributed by atoms with van der Waals surface area (Å²) in [6, 6.07) is 11.6. The first-order valence-corrected chi connectivity index (χ1v) is 9.43. The first-order chi connectivity index (χ1) is 13.6. The standard InChI is InChI=1S/C21H25ClN4O2.HI/c1-23-21(26-13-15-4-6-17(27-2)11-20(15)28-3)24-9-8-14-12-25-19-7-5-16(22)10-18(14)19;/h4-7,10-12,25H,8-9,13H2,1-3H3,(H2,23,24,26);1H. The van der Waals surface area contributed by atoms with Gasteiger partial charge >= 0.3 is 0 Å². The second-order valence-electron chi connectivity index (χ2n) is 6.28. The van der Waals surface area contributed by atoms with Crippen LogP contribution in [0.4, 0.5) is 0 Å². The average molecular weight is 529 g/mol. The minimum Gasteiger partial charge on any atom is -0.497 e. The zero-order valence-electron chi connectivity index (χ0n) is 16.7. The number of nitrogens with one attached hydrogen (secondary N) is 3. The molecule has 156 valence electrons. The van der Waals surface area contributed by atoms with Crippen LogP contribution >= 0.6 is 35.6 Å². The molecule has 1 heterocycles. The Kier molecular flexibility index (Phi) is 8.91. The maximum absolute atomic E-state index is 6.12. The monoisotopic (exact) mass is 528 g/mol. The molecule has 0 aliphatic carbocycles. The number of hydrogen-bond acceptors (Lipinski definition) is 3. The van der Waals surface area contributed by atoms with Gasteiger partial charge in [0, 0.05) is 53.9 Å².